The SMILES string of the molecule is CCC(CCN)NC(=O)c1ccccc1N1CCOCC1. The topological polar surface area (TPSA) is 67.6 Å². The van der Waals surface area contributed by atoms with Crippen LogP contribution in [0.3, 0.4) is 0 Å². The van der Waals surface area contributed by atoms with Gasteiger partial charge >= 0.3 is 0 Å². The Hall–Kier alpha value is -1.59. The van der Waals surface area contributed by atoms with Gasteiger partial charge in [0, 0.05) is 24.8 Å². The predicted octanol–water partition coefficient (Wildman–Crippen LogP) is 1.38. The maximum absolute atomic E-state index is 12.5. The maximum Gasteiger partial charge on any atom is 0.253 e. The van der Waals surface area contributed by atoms with Gasteiger partial charge in [-0.15, -0.1) is 0 Å². The van der Waals surface area contributed by atoms with Crippen LogP contribution < -0.4 is 16.0 Å². The third-order valence-corrected chi connectivity index (χ3v) is 3.84. The highest BCUT2D eigenvalue weighted by Gasteiger charge is 2.19. The summed E-state index contributed by atoms with van der Waals surface area (Å²) in [6.45, 7) is 5.72. The number of carbonyl (C=O) groups excluding carboxylic acids is 1. The molecule has 3 N–H and O–H groups in total. The first-order valence-electron chi connectivity index (χ1n) is 7.69. The minimum absolute atomic E-state index is 0.0163. The number of anilines is 1. The molecule has 0 spiro atoms. The van der Waals surface area contributed by atoms with Crippen molar-refractivity contribution in [2.75, 3.05) is 37.7 Å². The van der Waals surface area contributed by atoms with Gasteiger partial charge in [-0.05, 0) is 31.5 Å². The van der Waals surface area contributed by atoms with Gasteiger partial charge in [0.05, 0.1) is 18.8 Å². The minimum atomic E-state index is -0.0163. The zero-order valence-electron chi connectivity index (χ0n) is 12.7. The summed E-state index contributed by atoms with van der Waals surface area (Å²) < 4.78 is 5.38. The van der Waals surface area contributed by atoms with E-state index in [2.05, 4.69) is 17.1 Å². The quantitative estimate of drug-likeness (QED) is 0.831. The molecule has 5 heteroatoms. The number of benzene rings is 1. The van der Waals surface area contributed by atoms with Crippen LogP contribution in [-0.4, -0.2) is 44.8 Å². The number of hydrogen-bond donors (Lipinski definition) is 2. The number of amides is 1. The molecule has 0 aliphatic carbocycles. The lowest BCUT2D eigenvalue weighted by atomic mass is 10.1. The molecule has 1 amide bonds. The van der Waals surface area contributed by atoms with Crippen molar-refractivity contribution in [1.29, 1.82) is 0 Å². The summed E-state index contributed by atoms with van der Waals surface area (Å²) in [6, 6.07) is 7.90. The van der Waals surface area contributed by atoms with E-state index in [0.717, 1.165) is 37.2 Å². The van der Waals surface area contributed by atoms with E-state index in [4.69, 9.17) is 10.5 Å². The Morgan fingerprint density at radius 2 is 2.10 bits per heavy atom. The Labute approximate surface area is 126 Å². The summed E-state index contributed by atoms with van der Waals surface area (Å²) in [4.78, 5) is 14.8. The predicted molar refractivity (Wildman–Crippen MR) is 84.7 cm³/mol. The Balaban J connectivity index is 2.12. The second-order valence-electron chi connectivity index (χ2n) is 5.27. The molecule has 0 aromatic heterocycles. The standard InChI is InChI=1S/C16H25N3O2/c1-2-13(7-8-17)18-16(20)14-5-3-4-6-15(14)19-9-11-21-12-10-19/h3-6,13H,2,7-12,17H2,1H3,(H,18,20). The molecule has 0 radical (unpaired) electrons. The smallest absolute Gasteiger partial charge is 0.253 e. The lowest BCUT2D eigenvalue weighted by Crippen LogP contribution is -2.39. The molecule has 1 aromatic carbocycles. The molecule has 1 aliphatic rings. The van der Waals surface area contributed by atoms with Crippen molar-refractivity contribution in [2.24, 2.45) is 5.73 Å². The summed E-state index contributed by atoms with van der Waals surface area (Å²) in [5.74, 6) is -0.0163. The van der Waals surface area contributed by atoms with Gasteiger partial charge < -0.3 is 20.7 Å². The average Bonchev–Trinajstić information content (AvgIpc) is 2.55. The molecule has 1 fully saturated rings. The molecule has 1 saturated heterocycles. The second-order valence-corrected chi connectivity index (χ2v) is 5.27. The normalized spacial score (nSPS) is 16.6. The first-order chi connectivity index (χ1) is 10.3. The zero-order chi connectivity index (χ0) is 15.1. The largest absolute Gasteiger partial charge is 0.378 e. The fourth-order valence-electron chi connectivity index (χ4n) is 2.59. The summed E-state index contributed by atoms with van der Waals surface area (Å²) in [6.07, 6.45) is 1.70. The highest BCUT2D eigenvalue weighted by atomic mass is 16.5. The van der Waals surface area contributed by atoms with Gasteiger partial charge in [0.1, 0.15) is 0 Å². The first kappa shape index (κ1) is 15.8. The van der Waals surface area contributed by atoms with E-state index in [1.54, 1.807) is 0 Å². The van der Waals surface area contributed by atoms with Crippen molar-refractivity contribution in [1.82, 2.24) is 5.32 Å². The Bertz CT molecular complexity index is 459. The van der Waals surface area contributed by atoms with Crippen LogP contribution >= 0.6 is 0 Å². The summed E-state index contributed by atoms with van der Waals surface area (Å²) in [5.41, 5.74) is 7.31. The average molecular weight is 291 g/mol. The molecule has 1 aromatic rings. The number of morpholine rings is 1. The van der Waals surface area contributed by atoms with Gasteiger partial charge in [-0.25, -0.2) is 0 Å². The molecule has 1 unspecified atom stereocenters. The number of nitrogens with one attached hydrogen (secondary N) is 1. The van der Waals surface area contributed by atoms with E-state index in [9.17, 15) is 4.79 Å². The monoisotopic (exact) mass is 291 g/mol. The van der Waals surface area contributed by atoms with Gasteiger partial charge in [0.25, 0.3) is 5.91 Å². The molecule has 116 valence electrons. The second kappa shape index (κ2) is 8.00. The van der Waals surface area contributed by atoms with Crippen LogP contribution in [-0.2, 0) is 4.74 Å². The minimum Gasteiger partial charge on any atom is -0.378 e. The van der Waals surface area contributed by atoms with Gasteiger partial charge in [-0.2, -0.15) is 0 Å². The number of rotatable bonds is 6. The van der Waals surface area contributed by atoms with Crippen molar-refractivity contribution in [3.63, 3.8) is 0 Å². The summed E-state index contributed by atoms with van der Waals surface area (Å²) >= 11 is 0. The molecule has 1 aliphatic heterocycles. The van der Waals surface area contributed by atoms with Crippen molar-refractivity contribution < 1.29 is 9.53 Å². The third-order valence-electron chi connectivity index (χ3n) is 3.84. The fraction of sp³-hybridized carbons (Fsp3) is 0.562. The maximum atomic E-state index is 12.5. The van der Waals surface area contributed by atoms with E-state index in [1.807, 2.05) is 24.3 Å². The van der Waals surface area contributed by atoms with Gasteiger partial charge in [0.15, 0.2) is 0 Å². The van der Waals surface area contributed by atoms with Crippen LogP contribution in [0.2, 0.25) is 0 Å². The van der Waals surface area contributed by atoms with Gasteiger partial charge in [0.2, 0.25) is 0 Å². The molecule has 21 heavy (non-hydrogen) atoms. The number of hydrogen-bond acceptors (Lipinski definition) is 4. The van der Waals surface area contributed by atoms with E-state index in [1.165, 1.54) is 0 Å². The van der Waals surface area contributed by atoms with E-state index in [0.29, 0.717) is 19.8 Å². The van der Waals surface area contributed by atoms with Crippen LogP contribution in [0, 0.1) is 0 Å². The summed E-state index contributed by atoms with van der Waals surface area (Å²) in [7, 11) is 0. The first-order valence-corrected chi connectivity index (χ1v) is 7.69. The number of ether oxygens (including phenoxy) is 1. The van der Waals surface area contributed by atoms with Crippen LogP contribution in [0.4, 0.5) is 5.69 Å². The number of carbonyl (C=O) groups is 1. The third kappa shape index (κ3) is 4.19. The van der Waals surface area contributed by atoms with Crippen LogP contribution in [0.25, 0.3) is 0 Å². The fourth-order valence-corrected chi connectivity index (χ4v) is 2.59. The van der Waals surface area contributed by atoms with Crippen LogP contribution in [0.1, 0.15) is 30.1 Å². The summed E-state index contributed by atoms with van der Waals surface area (Å²) in [5, 5.41) is 3.09. The molecule has 2 rings (SSSR count). The van der Waals surface area contributed by atoms with Gasteiger partial charge in [-0.3, -0.25) is 4.79 Å². The van der Waals surface area contributed by atoms with Crippen LogP contribution in [0.15, 0.2) is 24.3 Å². The van der Waals surface area contributed by atoms with Crippen molar-refractivity contribution in [3.8, 4) is 0 Å². The molecular weight excluding hydrogens is 266 g/mol. The zero-order valence-corrected chi connectivity index (χ0v) is 12.7. The Kier molecular flexibility index (Phi) is 6.02. The number of nitrogens with zero attached hydrogens (tertiary/aromatic N) is 1. The molecule has 0 bridgehead atoms. The highest BCUT2D eigenvalue weighted by molar-refractivity contribution is 6.00. The van der Waals surface area contributed by atoms with Crippen molar-refractivity contribution in [2.45, 2.75) is 25.8 Å². The Morgan fingerprint density at radius 1 is 1.38 bits per heavy atom. The molecule has 5 nitrogen and oxygen atoms in total. The highest BCUT2D eigenvalue weighted by Crippen LogP contribution is 2.21. The molecule has 1 atom stereocenters. The van der Waals surface area contributed by atoms with Crippen LogP contribution in [0.5, 0.6) is 0 Å². The molecule has 1 heterocycles. The number of para-hydroxylation sites is 1. The Morgan fingerprint density at radius 3 is 2.76 bits per heavy atom. The van der Waals surface area contributed by atoms with E-state index in [-0.39, 0.29) is 11.9 Å². The van der Waals surface area contributed by atoms with Gasteiger partial charge in [-0.1, -0.05) is 19.1 Å². The molecular formula is C16H25N3O2. The van der Waals surface area contributed by atoms with Crippen molar-refractivity contribution >= 4 is 11.6 Å². The van der Waals surface area contributed by atoms with E-state index >= 15 is 0 Å². The lowest BCUT2D eigenvalue weighted by Gasteiger charge is -2.30. The number of nitrogens with two attached hydrogens (primary N) is 1. The lowest BCUT2D eigenvalue weighted by molar-refractivity contribution is 0.0933. The van der Waals surface area contributed by atoms with E-state index < -0.39 is 0 Å². The van der Waals surface area contributed by atoms with Crippen molar-refractivity contribution in [3.05, 3.63) is 29.8 Å². The molecule has 0 saturated carbocycles.